The average Bonchev–Trinajstić information content (AvgIpc) is 2.94. The van der Waals surface area contributed by atoms with E-state index in [9.17, 15) is 4.79 Å². The lowest BCUT2D eigenvalue weighted by Crippen LogP contribution is -2.49. The van der Waals surface area contributed by atoms with Gasteiger partial charge in [-0.2, -0.15) is 5.10 Å². The van der Waals surface area contributed by atoms with Gasteiger partial charge in [0.25, 0.3) is 5.91 Å². The fraction of sp³-hybridized carbons (Fsp3) is 0.417. The first kappa shape index (κ1) is 12.9. The largest absolute Gasteiger partial charge is 0.352 e. The van der Waals surface area contributed by atoms with E-state index in [1.807, 2.05) is 24.0 Å². The summed E-state index contributed by atoms with van der Waals surface area (Å²) in [6.07, 6.45) is 1.66. The molecule has 0 aliphatic carbocycles. The molecule has 104 valence electrons. The lowest BCUT2D eigenvalue weighted by atomic mass is 10.2. The third kappa shape index (κ3) is 2.46. The third-order valence-corrected chi connectivity index (χ3v) is 4.11. The van der Waals surface area contributed by atoms with Gasteiger partial charge in [0, 0.05) is 32.4 Å². The number of amides is 1. The first-order chi connectivity index (χ1) is 9.75. The normalized spacial score (nSPS) is 15.4. The van der Waals surface area contributed by atoms with Crippen molar-refractivity contribution in [3.63, 3.8) is 0 Å². The van der Waals surface area contributed by atoms with Crippen LogP contribution in [0.3, 0.4) is 0 Å². The summed E-state index contributed by atoms with van der Waals surface area (Å²) in [6.45, 7) is 4.68. The molecule has 1 amide bonds. The van der Waals surface area contributed by atoms with Gasteiger partial charge in [-0.25, -0.2) is 0 Å². The molecule has 3 heterocycles. The van der Waals surface area contributed by atoms with Gasteiger partial charge >= 0.3 is 0 Å². The topological polar surface area (TPSA) is 75.1 Å². The highest BCUT2D eigenvalue weighted by molar-refractivity contribution is 7.07. The van der Waals surface area contributed by atoms with Crippen LogP contribution in [0, 0.1) is 6.92 Å². The SMILES string of the molecule is Cc1nnsc1C(=O)N1CCN(c2cccnn2)CC1. The molecule has 1 aliphatic heterocycles. The molecule has 7 nitrogen and oxygen atoms in total. The molecule has 3 rings (SSSR count). The molecule has 2 aromatic rings. The number of carbonyl (C=O) groups is 1. The van der Waals surface area contributed by atoms with Crippen LogP contribution >= 0.6 is 11.5 Å². The zero-order valence-corrected chi connectivity index (χ0v) is 11.9. The summed E-state index contributed by atoms with van der Waals surface area (Å²) in [5.74, 6) is 0.881. The van der Waals surface area contributed by atoms with Crippen molar-refractivity contribution in [3.05, 3.63) is 28.9 Å². The maximum atomic E-state index is 12.3. The average molecular weight is 290 g/mol. The molecule has 1 fully saturated rings. The Morgan fingerprint density at radius 3 is 2.65 bits per heavy atom. The van der Waals surface area contributed by atoms with Crippen LogP contribution < -0.4 is 4.90 Å². The van der Waals surface area contributed by atoms with Gasteiger partial charge in [-0.1, -0.05) is 4.49 Å². The minimum atomic E-state index is 0.0243. The highest BCUT2D eigenvalue weighted by Crippen LogP contribution is 2.16. The monoisotopic (exact) mass is 290 g/mol. The minimum Gasteiger partial charge on any atom is -0.352 e. The number of hydrogen-bond donors (Lipinski definition) is 0. The molecule has 0 N–H and O–H groups in total. The molecule has 20 heavy (non-hydrogen) atoms. The number of hydrogen-bond acceptors (Lipinski definition) is 7. The van der Waals surface area contributed by atoms with Crippen LogP contribution in [0.25, 0.3) is 0 Å². The summed E-state index contributed by atoms with van der Waals surface area (Å²) >= 11 is 1.16. The van der Waals surface area contributed by atoms with E-state index in [1.54, 1.807) is 6.20 Å². The van der Waals surface area contributed by atoms with Gasteiger partial charge in [0.2, 0.25) is 0 Å². The summed E-state index contributed by atoms with van der Waals surface area (Å²) in [4.78, 5) is 16.9. The summed E-state index contributed by atoms with van der Waals surface area (Å²) in [5, 5.41) is 11.9. The zero-order valence-electron chi connectivity index (χ0n) is 11.1. The van der Waals surface area contributed by atoms with E-state index in [0.29, 0.717) is 23.7 Å². The van der Waals surface area contributed by atoms with Crippen LogP contribution in [-0.2, 0) is 0 Å². The summed E-state index contributed by atoms with van der Waals surface area (Å²) in [6, 6.07) is 3.80. The van der Waals surface area contributed by atoms with E-state index < -0.39 is 0 Å². The molecular formula is C12H14N6OS. The Hall–Kier alpha value is -2.09. The highest BCUT2D eigenvalue weighted by atomic mass is 32.1. The molecule has 8 heteroatoms. The third-order valence-electron chi connectivity index (χ3n) is 3.29. The quantitative estimate of drug-likeness (QED) is 0.806. The smallest absolute Gasteiger partial charge is 0.267 e. The fourth-order valence-electron chi connectivity index (χ4n) is 2.17. The fourth-order valence-corrected chi connectivity index (χ4v) is 2.80. The number of aryl methyl sites for hydroxylation is 1. The van der Waals surface area contributed by atoms with Gasteiger partial charge in [0.1, 0.15) is 4.88 Å². The van der Waals surface area contributed by atoms with Gasteiger partial charge in [-0.15, -0.1) is 10.2 Å². The first-order valence-corrected chi connectivity index (χ1v) is 7.14. The van der Waals surface area contributed by atoms with E-state index in [4.69, 9.17) is 0 Å². The molecule has 0 atom stereocenters. The van der Waals surface area contributed by atoms with E-state index in [-0.39, 0.29) is 5.91 Å². The molecule has 0 aromatic carbocycles. The van der Waals surface area contributed by atoms with Gasteiger partial charge in [0.05, 0.1) is 5.69 Å². The number of piperazine rings is 1. The van der Waals surface area contributed by atoms with Crippen LogP contribution in [0.1, 0.15) is 15.4 Å². The Kier molecular flexibility index (Phi) is 3.55. The Bertz CT molecular complexity index is 593. The molecule has 0 saturated carbocycles. The van der Waals surface area contributed by atoms with Crippen molar-refractivity contribution in [1.82, 2.24) is 24.7 Å². The van der Waals surface area contributed by atoms with E-state index in [0.717, 1.165) is 30.4 Å². The minimum absolute atomic E-state index is 0.0243. The first-order valence-electron chi connectivity index (χ1n) is 6.36. The van der Waals surface area contributed by atoms with Crippen molar-refractivity contribution in [3.8, 4) is 0 Å². The van der Waals surface area contributed by atoms with Crippen molar-refractivity contribution in [1.29, 1.82) is 0 Å². The van der Waals surface area contributed by atoms with Gasteiger partial charge in [-0.3, -0.25) is 4.79 Å². The van der Waals surface area contributed by atoms with Gasteiger partial charge in [-0.05, 0) is 30.6 Å². The summed E-state index contributed by atoms with van der Waals surface area (Å²) < 4.78 is 3.82. The molecule has 2 aromatic heterocycles. The summed E-state index contributed by atoms with van der Waals surface area (Å²) in [7, 11) is 0. The molecule has 0 radical (unpaired) electrons. The Balaban J connectivity index is 1.64. The molecule has 1 aliphatic rings. The predicted molar refractivity (Wildman–Crippen MR) is 74.8 cm³/mol. The van der Waals surface area contributed by atoms with Gasteiger partial charge < -0.3 is 9.80 Å². The Labute approximate surface area is 120 Å². The second-order valence-electron chi connectivity index (χ2n) is 4.55. The number of anilines is 1. The van der Waals surface area contributed by atoms with Crippen LogP contribution in [0.4, 0.5) is 5.82 Å². The number of nitrogens with zero attached hydrogens (tertiary/aromatic N) is 6. The number of aromatic nitrogens is 4. The molecule has 0 spiro atoms. The summed E-state index contributed by atoms with van der Waals surface area (Å²) in [5.41, 5.74) is 0.705. The lowest BCUT2D eigenvalue weighted by molar-refractivity contribution is 0.0750. The van der Waals surface area contributed by atoms with E-state index in [1.165, 1.54) is 0 Å². The van der Waals surface area contributed by atoms with E-state index >= 15 is 0 Å². The van der Waals surface area contributed by atoms with Crippen LogP contribution in [0.2, 0.25) is 0 Å². The molecule has 1 saturated heterocycles. The molecular weight excluding hydrogens is 276 g/mol. The molecule has 0 unspecified atom stereocenters. The highest BCUT2D eigenvalue weighted by Gasteiger charge is 2.25. The van der Waals surface area contributed by atoms with Crippen molar-refractivity contribution >= 4 is 23.3 Å². The van der Waals surface area contributed by atoms with Crippen molar-refractivity contribution in [2.75, 3.05) is 31.1 Å². The predicted octanol–water partition coefficient (Wildman–Crippen LogP) is 0.599. The maximum absolute atomic E-state index is 12.3. The van der Waals surface area contributed by atoms with Crippen LogP contribution in [0.5, 0.6) is 0 Å². The van der Waals surface area contributed by atoms with Crippen LogP contribution in [-0.4, -0.2) is 56.8 Å². The Morgan fingerprint density at radius 2 is 2.05 bits per heavy atom. The zero-order chi connectivity index (χ0) is 13.9. The number of rotatable bonds is 2. The Morgan fingerprint density at radius 1 is 1.25 bits per heavy atom. The second kappa shape index (κ2) is 5.49. The van der Waals surface area contributed by atoms with Crippen molar-refractivity contribution < 1.29 is 4.79 Å². The van der Waals surface area contributed by atoms with Crippen molar-refractivity contribution in [2.45, 2.75) is 6.92 Å². The number of carbonyl (C=O) groups excluding carboxylic acids is 1. The van der Waals surface area contributed by atoms with E-state index in [2.05, 4.69) is 24.7 Å². The lowest BCUT2D eigenvalue weighted by Gasteiger charge is -2.34. The standard InChI is InChI=1S/C12H14N6OS/c1-9-11(20-16-14-9)12(19)18-7-5-17(6-8-18)10-3-2-4-13-15-10/h2-4H,5-8H2,1H3. The maximum Gasteiger partial charge on any atom is 0.267 e. The van der Waals surface area contributed by atoms with Crippen LogP contribution in [0.15, 0.2) is 18.3 Å². The van der Waals surface area contributed by atoms with Gasteiger partial charge in [0.15, 0.2) is 5.82 Å². The second-order valence-corrected chi connectivity index (χ2v) is 5.30. The molecule has 0 bridgehead atoms. The van der Waals surface area contributed by atoms with Crippen molar-refractivity contribution in [2.24, 2.45) is 0 Å².